The summed E-state index contributed by atoms with van der Waals surface area (Å²) < 4.78 is 42.4. The smallest absolute Gasteiger partial charge is 0.401 e. The SMILES string of the molecule is CN=C(NCCN(C)CC(F)(F)F)N(C)CCOc1ccccc1.I. The fourth-order valence-electron chi connectivity index (χ4n) is 2.05. The third kappa shape index (κ3) is 11.1. The van der Waals surface area contributed by atoms with Crippen LogP contribution in [0.3, 0.4) is 0 Å². The van der Waals surface area contributed by atoms with Gasteiger partial charge in [0, 0.05) is 27.2 Å². The number of alkyl halides is 3. The summed E-state index contributed by atoms with van der Waals surface area (Å²) in [4.78, 5) is 7.21. The second kappa shape index (κ2) is 12.2. The highest BCUT2D eigenvalue weighted by Gasteiger charge is 2.28. The molecule has 0 aliphatic rings. The third-order valence-electron chi connectivity index (χ3n) is 3.24. The average Bonchev–Trinajstić information content (AvgIpc) is 2.50. The van der Waals surface area contributed by atoms with Gasteiger partial charge in [-0.25, -0.2) is 0 Å². The van der Waals surface area contributed by atoms with Crippen molar-refractivity contribution in [1.82, 2.24) is 15.1 Å². The second-order valence-electron chi connectivity index (χ2n) is 5.41. The molecule has 1 rings (SSSR count). The molecule has 1 N–H and O–H groups in total. The van der Waals surface area contributed by atoms with Gasteiger partial charge in [0.25, 0.3) is 0 Å². The van der Waals surface area contributed by atoms with Crippen molar-refractivity contribution in [2.75, 3.05) is 53.9 Å². The summed E-state index contributed by atoms with van der Waals surface area (Å²) in [6.07, 6.45) is -4.18. The first-order valence-corrected chi connectivity index (χ1v) is 7.67. The van der Waals surface area contributed by atoms with E-state index in [9.17, 15) is 13.2 Å². The number of benzene rings is 1. The summed E-state index contributed by atoms with van der Waals surface area (Å²) in [5.41, 5.74) is 0. The lowest BCUT2D eigenvalue weighted by Crippen LogP contribution is -2.44. The largest absolute Gasteiger partial charge is 0.492 e. The van der Waals surface area contributed by atoms with Gasteiger partial charge in [-0.2, -0.15) is 13.2 Å². The molecule has 0 heterocycles. The van der Waals surface area contributed by atoms with Crippen molar-refractivity contribution in [2.24, 2.45) is 4.99 Å². The minimum atomic E-state index is -4.18. The molecule has 0 saturated heterocycles. The van der Waals surface area contributed by atoms with Crippen molar-refractivity contribution in [1.29, 1.82) is 0 Å². The molecule has 9 heteroatoms. The van der Waals surface area contributed by atoms with Crippen LogP contribution in [0.15, 0.2) is 35.3 Å². The van der Waals surface area contributed by atoms with Crippen molar-refractivity contribution < 1.29 is 17.9 Å². The van der Waals surface area contributed by atoms with Crippen LogP contribution < -0.4 is 10.1 Å². The minimum Gasteiger partial charge on any atom is -0.492 e. The number of hydrogen-bond donors (Lipinski definition) is 1. The molecule has 0 aliphatic heterocycles. The fraction of sp³-hybridized carbons (Fsp3) is 0.562. The predicted octanol–water partition coefficient (Wildman–Crippen LogP) is 2.68. The topological polar surface area (TPSA) is 40.1 Å². The Kier molecular flexibility index (Phi) is 11.6. The quantitative estimate of drug-likeness (QED) is 0.358. The Balaban J connectivity index is 0.00000576. The number of likely N-dealkylation sites (N-methyl/N-ethyl adjacent to an activating group) is 2. The lowest BCUT2D eigenvalue weighted by Gasteiger charge is -2.24. The minimum absolute atomic E-state index is 0. The van der Waals surface area contributed by atoms with Gasteiger partial charge >= 0.3 is 6.18 Å². The van der Waals surface area contributed by atoms with Crippen molar-refractivity contribution in [2.45, 2.75) is 6.18 Å². The Morgan fingerprint density at radius 1 is 1.16 bits per heavy atom. The van der Waals surface area contributed by atoms with E-state index in [2.05, 4.69) is 10.3 Å². The van der Waals surface area contributed by atoms with Gasteiger partial charge in [-0.1, -0.05) is 18.2 Å². The monoisotopic (exact) mass is 474 g/mol. The first kappa shape index (κ1) is 23.8. The number of ether oxygens (including phenoxy) is 1. The van der Waals surface area contributed by atoms with Crippen LogP contribution in [0.25, 0.3) is 0 Å². The number of hydrogen-bond acceptors (Lipinski definition) is 3. The van der Waals surface area contributed by atoms with E-state index in [0.717, 1.165) is 5.75 Å². The fourth-order valence-corrected chi connectivity index (χ4v) is 2.05. The summed E-state index contributed by atoms with van der Waals surface area (Å²) in [5.74, 6) is 1.41. The van der Waals surface area contributed by atoms with E-state index in [0.29, 0.717) is 25.7 Å². The summed E-state index contributed by atoms with van der Waals surface area (Å²) in [6.45, 7) is 0.812. The summed E-state index contributed by atoms with van der Waals surface area (Å²) >= 11 is 0. The van der Waals surface area contributed by atoms with Gasteiger partial charge in [-0.05, 0) is 19.2 Å². The van der Waals surface area contributed by atoms with Crippen molar-refractivity contribution in [3.63, 3.8) is 0 Å². The molecule has 1 aromatic carbocycles. The zero-order valence-corrected chi connectivity index (χ0v) is 17.0. The molecule has 0 spiro atoms. The van der Waals surface area contributed by atoms with Crippen LogP contribution in [-0.2, 0) is 0 Å². The van der Waals surface area contributed by atoms with Gasteiger partial charge in [0.1, 0.15) is 12.4 Å². The summed E-state index contributed by atoms with van der Waals surface area (Å²) in [5, 5.41) is 3.05. The van der Waals surface area contributed by atoms with E-state index in [1.165, 1.54) is 11.9 Å². The molecule has 0 aromatic heterocycles. The first-order valence-electron chi connectivity index (χ1n) is 7.67. The molecule has 0 bridgehead atoms. The number of nitrogens with zero attached hydrogens (tertiary/aromatic N) is 3. The number of aliphatic imine (C=N–C) groups is 1. The van der Waals surface area contributed by atoms with Crippen LogP contribution in [0.4, 0.5) is 13.2 Å². The highest BCUT2D eigenvalue weighted by molar-refractivity contribution is 14.0. The maximum Gasteiger partial charge on any atom is 0.401 e. The number of rotatable bonds is 8. The van der Waals surface area contributed by atoms with Gasteiger partial charge in [0.2, 0.25) is 0 Å². The van der Waals surface area contributed by atoms with E-state index < -0.39 is 12.7 Å². The second-order valence-corrected chi connectivity index (χ2v) is 5.41. The Morgan fingerprint density at radius 3 is 2.36 bits per heavy atom. The van der Waals surface area contributed by atoms with E-state index >= 15 is 0 Å². The van der Waals surface area contributed by atoms with Crippen LogP contribution >= 0.6 is 24.0 Å². The van der Waals surface area contributed by atoms with Crippen LogP contribution in [0.2, 0.25) is 0 Å². The molecule has 0 unspecified atom stereocenters. The highest BCUT2D eigenvalue weighted by Crippen LogP contribution is 2.15. The Morgan fingerprint density at radius 2 is 1.80 bits per heavy atom. The highest BCUT2D eigenvalue weighted by atomic mass is 127. The molecular formula is C16H26F3IN4O. The van der Waals surface area contributed by atoms with Crippen LogP contribution in [0.5, 0.6) is 5.75 Å². The van der Waals surface area contributed by atoms with Crippen LogP contribution in [0.1, 0.15) is 0 Å². The van der Waals surface area contributed by atoms with Crippen molar-refractivity contribution >= 4 is 29.9 Å². The maximum atomic E-state index is 12.3. The van der Waals surface area contributed by atoms with Crippen LogP contribution in [0, 0.1) is 0 Å². The molecule has 0 saturated carbocycles. The Labute approximate surface area is 164 Å². The summed E-state index contributed by atoms with van der Waals surface area (Å²) in [7, 11) is 4.93. The number of guanidine groups is 1. The van der Waals surface area contributed by atoms with Crippen molar-refractivity contribution in [3.05, 3.63) is 30.3 Å². The Bertz CT molecular complexity index is 500. The van der Waals surface area contributed by atoms with Gasteiger partial charge in [-0.15, -0.1) is 24.0 Å². The number of halogens is 4. The molecular weight excluding hydrogens is 448 g/mol. The predicted molar refractivity (Wildman–Crippen MR) is 105 cm³/mol. The lowest BCUT2D eigenvalue weighted by molar-refractivity contribution is -0.142. The van der Waals surface area contributed by atoms with Gasteiger partial charge < -0.3 is 15.0 Å². The molecule has 5 nitrogen and oxygen atoms in total. The number of nitrogens with one attached hydrogen (secondary N) is 1. The zero-order valence-electron chi connectivity index (χ0n) is 14.7. The molecule has 0 atom stereocenters. The molecule has 0 fully saturated rings. The Hall–Kier alpha value is -1.23. The molecule has 1 aromatic rings. The standard InChI is InChI=1S/C16H25F3N4O.HI/c1-20-15(21-9-10-22(2)13-16(17,18)19)23(3)11-12-24-14-7-5-4-6-8-14;/h4-8H,9-13H2,1-3H3,(H,20,21);1H. The van der Waals surface area contributed by atoms with Gasteiger partial charge in [0.05, 0.1) is 13.1 Å². The third-order valence-corrected chi connectivity index (χ3v) is 3.24. The first-order chi connectivity index (χ1) is 11.3. The van der Waals surface area contributed by atoms with E-state index in [-0.39, 0.29) is 30.5 Å². The van der Waals surface area contributed by atoms with Crippen LogP contribution in [-0.4, -0.2) is 75.9 Å². The average molecular weight is 474 g/mol. The van der Waals surface area contributed by atoms with E-state index in [1.54, 1.807) is 7.05 Å². The lowest BCUT2D eigenvalue weighted by atomic mass is 10.3. The van der Waals surface area contributed by atoms with E-state index in [1.807, 2.05) is 42.3 Å². The molecule has 0 aliphatic carbocycles. The molecule has 25 heavy (non-hydrogen) atoms. The number of para-hydroxylation sites is 1. The van der Waals surface area contributed by atoms with Gasteiger partial charge in [0.15, 0.2) is 5.96 Å². The van der Waals surface area contributed by atoms with Crippen molar-refractivity contribution in [3.8, 4) is 5.75 Å². The zero-order chi connectivity index (χ0) is 18.0. The maximum absolute atomic E-state index is 12.3. The molecule has 144 valence electrons. The molecule has 0 amide bonds. The van der Waals surface area contributed by atoms with Gasteiger partial charge in [-0.3, -0.25) is 9.89 Å². The normalized spacial score (nSPS) is 11.9. The molecule has 0 radical (unpaired) electrons. The summed E-state index contributed by atoms with van der Waals surface area (Å²) in [6, 6.07) is 9.47. The van der Waals surface area contributed by atoms with E-state index in [4.69, 9.17) is 4.74 Å².